The van der Waals surface area contributed by atoms with E-state index >= 15 is 0 Å². The van der Waals surface area contributed by atoms with Crippen molar-refractivity contribution in [3.05, 3.63) is 41.7 Å². The summed E-state index contributed by atoms with van der Waals surface area (Å²) in [6, 6.07) is 0.302. The number of fused-ring (bicyclic) bond motifs is 1. The molecule has 0 radical (unpaired) electrons. The molecule has 84 valence electrons. The molecule has 0 saturated heterocycles. The van der Waals surface area contributed by atoms with Crippen LogP contribution in [0.2, 0.25) is 0 Å². The predicted octanol–water partition coefficient (Wildman–Crippen LogP) is 2.72. The van der Waals surface area contributed by atoms with E-state index in [4.69, 9.17) is 4.74 Å². The van der Waals surface area contributed by atoms with Gasteiger partial charge in [-0.15, -0.1) is 6.58 Å². The molecule has 3 rings (SSSR count). The van der Waals surface area contributed by atoms with Crippen LogP contribution in [0.5, 0.6) is 0 Å². The fraction of sp³-hybridized carbons (Fsp3) is 0.417. The van der Waals surface area contributed by atoms with Gasteiger partial charge in [0.1, 0.15) is 5.60 Å². The lowest BCUT2D eigenvalue weighted by atomic mass is 9.89. The molecule has 2 unspecified atom stereocenters. The lowest BCUT2D eigenvalue weighted by Crippen LogP contribution is -2.39. The molecule has 2 aliphatic rings. The average molecular weight is 281 g/mol. The van der Waals surface area contributed by atoms with Crippen molar-refractivity contribution in [2.45, 2.75) is 18.1 Å². The third-order valence-electron chi connectivity index (χ3n) is 3.64. The first kappa shape index (κ1) is 10.3. The zero-order valence-electron chi connectivity index (χ0n) is 8.90. The fourth-order valence-electron chi connectivity index (χ4n) is 2.73. The van der Waals surface area contributed by atoms with Crippen molar-refractivity contribution >= 4 is 15.9 Å². The molecule has 1 aromatic rings. The Kier molecular flexibility index (Phi) is 2.13. The van der Waals surface area contributed by atoms with E-state index in [1.807, 2.05) is 10.9 Å². The number of halogens is 1. The van der Waals surface area contributed by atoms with Gasteiger partial charge >= 0.3 is 0 Å². The fourth-order valence-corrected chi connectivity index (χ4v) is 3.03. The Morgan fingerprint density at radius 2 is 2.56 bits per heavy atom. The number of ether oxygens (including phenoxy) is 1. The molecule has 3 nitrogen and oxygen atoms in total. The first-order valence-corrected chi connectivity index (χ1v) is 6.13. The highest BCUT2D eigenvalue weighted by atomic mass is 79.9. The smallest absolute Gasteiger partial charge is 0.119 e. The number of hydrogen-bond donors (Lipinski definition) is 0. The predicted molar refractivity (Wildman–Crippen MR) is 65.1 cm³/mol. The van der Waals surface area contributed by atoms with E-state index in [1.165, 1.54) is 5.57 Å². The maximum atomic E-state index is 5.88. The number of nitrogens with zero attached hydrogens (tertiary/aromatic N) is 2. The second-order valence-electron chi connectivity index (χ2n) is 4.36. The first-order chi connectivity index (χ1) is 7.70. The SMILES string of the molecule is C=CCO[C@]12C(=C)C1CC2n1cc(Br)cn1. The molecule has 4 heteroatoms. The Morgan fingerprint density at radius 1 is 1.75 bits per heavy atom. The van der Waals surface area contributed by atoms with E-state index in [1.54, 1.807) is 12.3 Å². The number of rotatable bonds is 4. The maximum Gasteiger partial charge on any atom is 0.119 e. The van der Waals surface area contributed by atoms with Crippen LogP contribution in [0.3, 0.4) is 0 Å². The quantitative estimate of drug-likeness (QED) is 0.793. The molecule has 0 N–H and O–H groups in total. The molecule has 2 fully saturated rings. The van der Waals surface area contributed by atoms with E-state index in [0.29, 0.717) is 18.6 Å². The number of aromatic nitrogens is 2. The summed E-state index contributed by atoms with van der Waals surface area (Å²) in [6.07, 6.45) is 6.67. The van der Waals surface area contributed by atoms with Crippen LogP contribution in [-0.4, -0.2) is 22.0 Å². The molecule has 3 atom stereocenters. The molecular weight excluding hydrogens is 268 g/mol. The minimum absolute atomic E-state index is 0.153. The summed E-state index contributed by atoms with van der Waals surface area (Å²) in [6.45, 7) is 8.35. The molecule has 0 spiro atoms. The van der Waals surface area contributed by atoms with E-state index in [-0.39, 0.29) is 5.60 Å². The van der Waals surface area contributed by atoms with Crippen LogP contribution in [0.4, 0.5) is 0 Å². The average Bonchev–Trinajstić information content (AvgIpc) is 2.58. The van der Waals surface area contributed by atoms with Gasteiger partial charge in [-0.1, -0.05) is 12.7 Å². The molecular formula is C12H13BrN2O. The van der Waals surface area contributed by atoms with E-state index in [9.17, 15) is 0 Å². The van der Waals surface area contributed by atoms with Gasteiger partial charge in [0.2, 0.25) is 0 Å². The van der Waals surface area contributed by atoms with E-state index in [2.05, 4.69) is 34.2 Å². The second kappa shape index (κ2) is 3.31. The normalized spacial score (nSPS) is 35.4. The lowest BCUT2D eigenvalue weighted by molar-refractivity contribution is -0.0471. The summed E-state index contributed by atoms with van der Waals surface area (Å²) in [5, 5.41) is 4.33. The van der Waals surface area contributed by atoms with Gasteiger partial charge in [0, 0.05) is 12.1 Å². The molecule has 16 heavy (non-hydrogen) atoms. The van der Waals surface area contributed by atoms with Gasteiger partial charge in [0.15, 0.2) is 0 Å². The van der Waals surface area contributed by atoms with Gasteiger partial charge in [-0.05, 0) is 27.9 Å². The highest BCUT2D eigenvalue weighted by Gasteiger charge is 2.74. The highest BCUT2D eigenvalue weighted by molar-refractivity contribution is 9.10. The van der Waals surface area contributed by atoms with Crippen molar-refractivity contribution in [2.75, 3.05) is 6.61 Å². The van der Waals surface area contributed by atoms with Crippen LogP contribution >= 0.6 is 15.9 Å². The standard InChI is InChI=1S/C12H13BrN2O/c1-3-4-16-12-8(2)10(12)5-11(12)15-7-9(13)6-14-15/h3,6-7,10-11H,1-2,4-5H2/t10?,11?,12-/m1/s1. The highest BCUT2D eigenvalue weighted by Crippen LogP contribution is 2.71. The minimum Gasteiger partial charge on any atom is -0.364 e. The van der Waals surface area contributed by atoms with Gasteiger partial charge < -0.3 is 4.74 Å². The summed E-state index contributed by atoms with van der Waals surface area (Å²) in [5.74, 6) is 0.528. The maximum absolute atomic E-state index is 5.88. The summed E-state index contributed by atoms with van der Waals surface area (Å²) in [4.78, 5) is 0. The van der Waals surface area contributed by atoms with Crippen molar-refractivity contribution < 1.29 is 4.74 Å². The largest absolute Gasteiger partial charge is 0.364 e. The zero-order chi connectivity index (χ0) is 11.3. The molecule has 1 heterocycles. The van der Waals surface area contributed by atoms with E-state index < -0.39 is 0 Å². The van der Waals surface area contributed by atoms with Crippen LogP contribution in [0.1, 0.15) is 12.5 Å². The third-order valence-corrected chi connectivity index (χ3v) is 4.05. The Bertz CT molecular complexity index is 467. The van der Waals surface area contributed by atoms with Crippen LogP contribution in [0, 0.1) is 5.92 Å². The summed E-state index contributed by atoms with van der Waals surface area (Å²) < 4.78 is 8.86. The van der Waals surface area contributed by atoms with Crippen LogP contribution in [0.15, 0.2) is 41.7 Å². The van der Waals surface area contributed by atoms with Gasteiger partial charge in [-0.25, -0.2) is 0 Å². The summed E-state index contributed by atoms with van der Waals surface area (Å²) >= 11 is 3.41. The van der Waals surface area contributed by atoms with Crippen LogP contribution in [-0.2, 0) is 4.74 Å². The molecule has 0 amide bonds. The van der Waals surface area contributed by atoms with Gasteiger partial charge in [0.05, 0.1) is 23.3 Å². The number of hydrogen-bond acceptors (Lipinski definition) is 2. The van der Waals surface area contributed by atoms with E-state index in [0.717, 1.165) is 10.9 Å². The van der Waals surface area contributed by atoms with Crippen molar-refractivity contribution in [3.63, 3.8) is 0 Å². The van der Waals surface area contributed by atoms with Crippen molar-refractivity contribution in [2.24, 2.45) is 5.92 Å². The zero-order valence-corrected chi connectivity index (χ0v) is 10.5. The Morgan fingerprint density at radius 3 is 3.06 bits per heavy atom. The van der Waals surface area contributed by atoms with Crippen molar-refractivity contribution in [3.8, 4) is 0 Å². The molecule has 0 aliphatic heterocycles. The minimum atomic E-state index is -0.153. The Hall–Kier alpha value is -0.870. The lowest BCUT2D eigenvalue weighted by Gasteiger charge is -2.35. The Labute approximate surface area is 103 Å². The van der Waals surface area contributed by atoms with Gasteiger partial charge in [-0.3, -0.25) is 4.68 Å². The summed E-state index contributed by atoms with van der Waals surface area (Å²) in [7, 11) is 0. The third kappa shape index (κ3) is 1.14. The molecule has 2 aliphatic carbocycles. The summed E-state index contributed by atoms with van der Waals surface area (Å²) in [5.41, 5.74) is 1.06. The van der Waals surface area contributed by atoms with Gasteiger partial charge in [-0.2, -0.15) is 5.10 Å². The molecule has 0 bridgehead atoms. The molecule has 2 saturated carbocycles. The molecule has 1 aromatic heterocycles. The molecule has 0 aromatic carbocycles. The monoisotopic (exact) mass is 280 g/mol. The van der Waals surface area contributed by atoms with Gasteiger partial charge in [0.25, 0.3) is 0 Å². The van der Waals surface area contributed by atoms with Crippen molar-refractivity contribution in [1.29, 1.82) is 0 Å². The second-order valence-corrected chi connectivity index (χ2v) is 5.28. The van der Waals surface area contributed by atoms with Crippen molar-refractivity contribution in [1.82, 2.24) is 9.78 Å². The first-order valence-electron chi connectivity index (χ1n) is 5.34. The van der Waals surface area contributed by atoms with Crippen LogP contribution < -0.4 is 0 Å². The van der Waals surface area contributed by atoms with Crippen LogP contribution in [0.25, 0.3) is 0 Å². The topological polar surface area (TPSA) is 27.1 Å². The Balaban J connectivity index is 1.83.